The number of aryl methyl sites for hydroxylation is 1. The molecule has 4 heterocycles. The van der Waals surface area contributed by atoms with Gasteiger partial charge in [0, 0.05) is 23.8 Å². The number of amides is 2. The number of rotatable bonds is 3. The second kappa shape index (κ2) is 6.79. The van der Waals surface area contributed by atoms with Crippen molar-refractivity contribution in [2.45, 2.75) is 63.5 Å². The Morgan fingerprint density at radius 1 is 1.24 bits per heavy atom. The first-order chi connectivity index (χ1) is 15.8. The van der Waals surface area contributed by atoms with Crippen molar-refractivity contribution in [3.8, 4) is 0 Å². The molecule has 1 aliphatic carbocycles. The summed E-state index contributed by atoms with van der Waals surface area (Å²) in [6.07, 6.45) is 5.02. The number of furan rings is 1. The fourth-order valence-electron chi connectivity index (χ4n) is 5.61. The predicted molar refractivity (Wildman–Crippen MR) is 124 cm³/mol. The largest absolute Gasteiger partial charge is 0.442 e. The fraction of sp³-hybridized carbons (Fsp3) is 0.440. The van der Waals surface area contributed by atoms with E-state index < -0.39 is 5.41 Å². The predicted octanol–water partition coefficient (Wildman–Crippen LogP) is 4.01. The van der Waals surface area contributed by atoms with Gasteiger partial charge in [0.15, 0.2) is 0 Å². The van der Waals surface area contributed by atoms with Gasteiger partial charge in [0.2, 0.25) is 11.6 Å². The summed E-state index contributed by atoms with van der Waals surface area (Å²) in [6.45, 7) is 6.50. The van der Waals surface area contributed by atoms with E-state index in [1.165, 1.54) is 6.33 Å². The highest BCUT2D eigenvalue weighted by Gasteiger charge is 2.55. The molecule has 0 radical (unpaired) electrons. The molecule has 1 aromatic carbocycles. The standard InChI is InChI=1S/C25H27N5O3/c1-14-18(19-20(29-24(3)10-11-24)26-13-27-21(19)33-14)22(31)30-12-6-9-25(15(30)2)16-7-4-5-8-17(16)28-23(25)32/h4-5,7-8,13,15H,6,9-12H2,1-3H3,(H,28,32)(H,26,27,29). The number of piperidine rings is 1. The number of aromatic nitrogens is 2. The molecule has 2 aliphatic heterocycles. The first-order valence-corrected chi connectivity index (χ1v) is 11.6. The molecule has 0 bridgehead atoms. The van der Waals surface area contributed by atoms with Crippen molar-refractivity contribution in [1.29, 1.82) is 0 Å². The first kappa shape index (κ1) is 20.2. The Bertz CT molecular complexity index is 1310. The van der Waals surface area contributed by atoms with E-state index in [0.29, 0.717) is 41.2 Å². The van der Waals surface area contributed by atoms with Crippen LogP contribution in [-0.2, 0) is 10.2 Å². The fourth-order valence-corrected chi connectivity index (χ4v) is 5.61. The maximum Gasteiger partial charge on any atom is 0.258 e. The smallest absolute Gasteiger partial charge is 0.258 e. The molecule has 2 fully saturated rings. The summed E-state index contributed by atoms with van der Waals surface area (Å²) < 4.78 is 5.90. The van der Waals surface area contributed by atoms with Crippen molar-refractivity contribution >= 4 is 34.4 Å². The summed E-state index contributed by atoms with van der Waals surface area (Å²) in [6, 6.07) is 7.49. The van der Waals surface area contributed by atoms with Gasteiger partial charge in [-0.3, -0.25) is 9.59 Å². The molecule has 1 saturated heterocycles. The number of carbonyl (C=O) groups excluding carboxylic acids is 2. The van der Waals surface area contributed by atoms with Gasteiger partial charge >= 0.3 is 0 Å². The van der Waals surface area contributed by atoms with E-state index in [0.717, 1.165) is 30.5 Å². The summed E-state index contributed by atoms with van der Waals surface area (Å²) in [5.41, 5.74) is 1.93. The molecular weight excluding hydrogens is 418 g/mol. The zero-order valence-electron chi connectivity index (χ0n) is 19.1. The van der Waals surface area contributed by atoms with Crippen LogP contribution >= 0.6 is 0 Å². The third-order valence-corrected chi connectivity index (χ3v) is 7.77. The number of nitrogens with one attached hydrogen (secondary N) is 2. The van der Waals surface area contributed by atoms with Crippen LogP contribution in [0.4, 0.5) is 11.5 Å². The zero-order chi connectivity index (χ0) is 23.0. The Hall–Kier alpha value is -3.42. The van der Waals surface area contributed by atoms with Crippen LogP contribution in [0.15, 0.2) is 35.0 Å². The topological polar surface area (TPSA) is 100 Å². The summed E-state index contributed by atoms with van der Waals surface area (Å²) in [5.74, 6) is 0.967. The first-order valence-electron chi connectivity index (χ1n) is 11.6. The van der Waals surface area contributed by atoms with Crippen LogP contribution in [0.5, 0.6) is 0 Å². The van der Waals surface area contributed by atoms with Crippen LogP contribution in [0, 0.1) is 6.92 Å². The van der Waals surface area contributed by atoms with E-state index in [4.69, 9.17) is 4.42 Å². The van der Waals surface area contributed by atoms with Crippen molar-refractivity contribution in [3.05, 3.63) is 47.5 Å². The molecule has 2 atom stereocenters. The quantitative estimate of drug-likeness (QED) is 0.632. The average molecular weight is 446 g/mol. The van der Waals surface area contributed by atoms with Gasteiger partial charge in [-0.2, -0.15) is 0 Å². The molecule has 8 heteroatoms. The Morgan fingerprint density at radius 2 is 2.03 bits per heavy atom. The minimum Gasteiger partial charge on any atom is -0.442 e. The van der Waals surface area contributed by atoms with Gasteiger partial charge in [0.1, 0.15) is 17.9 Å². The van der Waals surface area contributed by atoms with E-state index in [2.05, 4.69) is 27.5 Å². The molecule has 1 spiro atoms. The lowest BCUT2D eigenvalue weighted by Crippen LogP contribution is -2.58. The van der Waals surface area contributed by atoms with Gasteiger partial charge in [-0.25, -0.2) is 9.97 Å². The van der Waals surface area contributed by atoms with Gasteiger partial charge in [0.05, 0.1) is 16.4 Å². The Morgan fingerprint density at radius 3 is 2.82 bits per heavy atom. The highest BCUT2D eigenvalue weighted by atomic mass is 16.3. The number of hydrogen-bond donors (Lipinski definition) is 2. The lowest BCUT2D eigenvalue weighted by molar-refractivity contribution is -0.124. The SMILES string of the molecule is Cc1oc2ncnc(NC3(C)CC3)c2c1C(=O)N1CCCC2(C(=O)Nc3ccccc32)C1C. The van der Waals surface area contributed by atoms with Crippen LogP contribution in [0.25, 0.3) is 11.1 Å². The van der Waals surface area contributed by atoms with Crippen LogP contribution in [0.1, 0.15) is 61.2 Å². The maximum atomic E-state index is 14.0. The van der Waals surface area contributed by atoms with E-state index in [-0.39, 0.29) is 23.4 Å². The average Bonchev–Trinajstić information content (AvgIpc) is 3.31. The molecular formula is C25H27N5O3. The minimum atomic E-state index is -0.753. The number of likely N-dealkylation sites (tertiary alicyclic amines) is 1. The summed E-state index contributed by atoms with van der Waals surface area (Å²) >= 11 is 0. The zero-order valence-corrected chi connectivity index (χ0v) is 19.1. The summed E-state index contributed by atoms with van der Waals surface area (Å²) in [4.78, 5) is 37.9. The van der Waals surface area contributed by atoms with Gasteiger partial charge in [0.25, 0.3) is 5.91 Å². The molecule has 3 aromatic rings. The maximum absolute atomic E-state index is 14.0. The number of benzene rings is 1. The Kier molecular flexibility index (Phi) is 4.16. The Labute approximate surface area is 191 Å². The van der Waals surface area contributed by atoms with Crippen molar-refractivity contribution < 1.29 is 14.0 Å². The van der Waals surface area contributed by atoms with Crippen LogP contribution < -0.4 is 10.6 Å². The van der Waals surface area contributed by atoms with Crippen molar-refractivity contribution in [2.75, 3.05) is 17.2 Å². The van der Waals surface area contributed by atoms with Gasteiger partial charge < -0.3 is 20.0 Å². The highest BCUT2D eigenvalue weighted by molar-refractivity contribution is 6.11. The number of para-hydroxylation sites is 1. The number of anilines is 2. The lowest BCUT2D eigenvalue weighted by atomic mass is 9.69. The monoisotopic (exact) mass is 445 g/mol. The van der Waals surface area contributed by atoms with Gasteiger partial charge in [-0.1, -0.05) is 18.2 Å². The molecule has 2 amide bonds. The third-order valence-electron chi connectivity index (χ3n) is 7.77. The van der Waals surface area contributed by atoms with E-state index >= 15 is 0 Å². The van der Waals surface area contributed by atoms with Crippen molar-refractivity contribution in [1.82, 2.24) is 14.9 Å². The second-order valence-electron chi connectivity index (χ2n) is 9.87. The Balaban J connectivity index is 1.43. The van der Waals surface area contributed by atoms with Crippen molar-refractivity contribution in [3.63, 3.8) is 0 Å². The molecule has 2 aromatic heterocycles. The molecule has 3 aliphatic rings. The van der Waals surface area contributed by atoms with E-state index in [1.807, 2.05) is 36.1 Å². The van der Waals surface area contributed by atoms with Crippen LogP contribution in [-0.4, -0.2) is 44.8 Å². The molecule has 2 unspecified atom stereocenters. The van der Waals surface area contributed by atoms with Crippen molar-refractivity contribution in [2.24, 2.45) is 0 Å². The molecule has 2 N–H and O–H groups in total. The molecule has 170 valence electrons. The van der Waals surface area contributed by atoms with E-state index in [1.54, 1.807) is 6.92 Å². The molecule has 8 nitrogen and oxygen atoms in total. The number of nitrogens with zero attached hydrogens (tertiary/aromatic N) is 3. The van der Waals surface area contributed by atoms with E-state index in [9.17, 15) is 9.59 Å². The highest BCUT2D eigenvalue weighted by Crippen LogP contribution is 2.48. The number of fused-ring (bicyclic) bond motifs is 3. The lowest BCUT2D eigenvalue weighted by Gasteiger charge is -2.45. The van der Waals surface area contributed by atoms with Crippen LogP contribution in [0.2, 0.25) is 0 Å². The molecule has 6 rings (SSSR count). The summed E-state index contributed by atoms with van der Waals surface area (Å²) in [5, 5.41) is 7.14. The summed E-state index contributed by atoms with van der Waals surface area (Å²) in [7, 11) is 0. The normalized spacial score (nSPS) is 25.2. The second-order valence-corrected chi connectivity index (χ2v) is 9.87. The van der Waals surface area contributed by atoms with Gasteiger partial charge in [-0.15, -0.1) is 0 Å². The molecule has 1 saturated carbocycles. The van der Waals surface area contributed by atoms with Crippen LogP contribution in [0.3, 0.4) is 0 Å². The third kappa shape index (κ3) is 2.82. The number of hydrogen-bond acceptors (Lipinski definition) is 6. The minimum absolute atomic E-state index is 0.0130. The number of carbonyl (C=O) groups is 2. The molecule has 33 heavy (non-hydrogen) atoms. The van der Waals surface area contributed by atoms with Gasteiger partial charge in [-0.05, 0) is 58.1 Å².